The second kappa shape index (κ2) is 6.41. The standard InChI is InChI=1S/C20H19F5N6O2/c1-17(2)8-30(9-19(17,21)22)12-5-11(10-6-26-16(33)28-15(10)32)29-31-7-13(27-14(12)31)18(3-4-18)20(23,24)25/h5-7H,3-4,8-9H2,1-2H3,(H2,26,28,32,33). The third kappa shape index (κ3) is 3.16. The molecule has 4 heterocycles. The van der Waals surface area contributed by atoms with E-state index < -0.39 is 40.7 Å². The summed E-state index contributed by atoms with van der Waals surface area (Å²) >= 11 is 0. The predicted octanol–water partition coefficient (Wildman–Crippen LogP) is 2.85. The zero-order valence-electron chi connectivity index (χ0n) is 17.6. The molecule has 5 rings (SSSR count). The van der Waals surface area contributed by atoms with E-state index in [4.69, 9.17) is 0 Å². The maximum absolute atomic E-state index is 14.6. The molecule has 1 aliphatic heterocycles. The largest absolute Gasteiger partial charge is 0.400 e. The molecule has 0 unspecified atom stereocenters. The summed E-state index contributed by atoms with van der Waals surface area (Å²) in [5.74, 6) is -3.07. The summed E-state index contributed by atoms with van der Waals surface area (Å²) in [7, 11) is 0. The average Bonchev–Trinajstić information content (AvgIpc) is 3.34. The summed E-state index contributed by atoms with van der Waals surface area (Å²) in [6, 6.07) is 1.33. The minimum atomic E-state index is -4.52. The Hall–Kier alpha value is -3.25. The summed E-state index contributed by atoms with van der Waals surface area (Å²) in [5, 5.41) is 4.22. The van der Waals surface area contributed by atoms with Crippen LogP contribution in [0, 0.1) is 5.41 Å². The molecule has 2 aliphatic rings. The minimum absolute atomic E-state index is 0.0103. The number of nitrogens with one attached hydrogen (secondary N) is 2. The fourth-order valence-corrected chi connectivity index (χ4v) is 4.24. The molecule has 33 heavy (non-hydrogen) atoms. The summed E-state index contributed by atoms with van der Waals surface area (Å²) in [5.41, 5.74) is -5.25. The van der Waals surface area contributed by atoms with Crippen LogP contribution < -0.4 is 16.1 Å². The van der Waals surface area contributed by atoms with Gasteiger partial charge in [-0.3, -0.25) is 9.78 Å². The summed E-state index contributed by atoms with van der Waals surface area (Å²) in [6.45, 7) is 2.04. The van der Waals surface area contributed by atoms with Crippen molar-refractivity contribution < 1.29 is 22.0 Å². The fourth-order valence-electron chi connectivity index (χ4n) is 4.24. The number of aromatic nitrogens is 5. The van der Waals surface area contributed by atoms with E-state index in [-0.39, 0.29) is 47.7 Å². The molecule has 0 radical (unpaired) electrons. The van der Waals surface area contributed by atoms with Crippen LogP contribution in [0.15, 0.2) is 28.0 Å². The van der Waals surface area contributed by atoms with E-state index in [1.807, 2.05) is 4.98 Å². The zero-order chi connectivity index (χ0) is 24.0. The molecule has 1 saturated carbocycles. The van der Waals surface area contributed by atoms with Gasteiger partial charge in [0.1, 0.15) is 11.1 Å². The summed E-state index contributed by atoms with van der Waals surface area (Å²) < 4.78 is 71.4. The lowest BCUT2D eigenvalue weighted by Crippen LogP contribution is -2.34. The van der Waals surface area contributed by atoms with Crippen molar-refractivity contribution in [1.82, 2.24) is 24.6 Å². The molecule has 1 saturated heterocycles. The van der Waals surface area contributed by atoms with Crippen LogP contribution in [-0.2, 0) is 5.41 Å². The highest BCUT2D eigenvalue weighted by Crippen LogP contribution is 2.58. The van der Waals surface area contributed by atoms with Crippen LogP contribution in [0.25, 0.3) is 16.9 Å². The van der Waals surface area contributed by atoms with Gasteiger partial charge in [0.05, 0.1) is 29.7 Å². The van der Waals surface area contributed by atoms with Gasteiger partial charge in [0.25, 0.3) is 11.5 Å². The highest BCUT2D eigenvalue weighted by Gasteiger charge is 2.66. The van der Waals surface area contributed by atoms with Gasteiger partial charge in [-0.1, -0.05) is 13.8 Å². The molecule has 3 aromatic heterocycles. The molecule has 2 N–H and O–H groups in total. The number of hydrogen-bond donors (Lipinski definition) is 2. The van der Waals surface area contributed by atoms with Gasteiger partial charge in [-0.2, -0.15) is 18.3 Å². The van der Waals surface area contributed by atoms with E-state index in [9.17, 15) is 31.5 Å². The number of imidazole rings is 1. The molecular weight excluding hydrogens is 451 g/mol. The Morgan fingerprint density at radius 3 is 2.36 bits per heavy atom. The van der Waals surface area contributed by atoms with Crippen LogP contribution in [0.4, 0.5) is 27.6 Å². The van der Waals surface area contributed by atoms with Crippen molar-refractivity contribution in [3.8, 4) is 11.3 Å². The highest BCUT2D eigenvalue weighted by molar-refractivity contribution is 5.75. The van der Waals surface area contributed by atoms with Crippen LogP contribution >= 0.6 is 0 Å². The monoisotopic (exact) mass is 470 g/mol. The number of anilines is 1. The van der Waals surface area contributed by atoms with Gasteiger partial charge < -0.3 is 9.88 Å². The minimum Gasteiger partial charge on any atom is -0.362 e. The number of aromatic amines is 2. The molecule has 2 fully saturated rings. The molecular formula is C20H19F5N6O2. The normalized spacial score (nSPS) is 21.0. The van der Waals surface area contributed by atoms with Crippen molar-refractivity contribution >= 4 is 11.3 Å². The molecule has 3 aromatic rings. The Bertz CT molecular complexity index is 1370. The van der Waals surface area contributed by atoms with Crippen LogP contribution in [0.1, 0.15) is 32.4 Å². The second-order valence-corrected chi connectivity index (χ2v) is 9.32. The van der Waals surface area contributed by atoms with Crippen molar-refractivity contribution in [2.45, 2.75) is 44.2 Å². The van der Waals surface area contributed by atoms with E-state index in [0.717, 1.165) is 16.9 Å². The molecule has 0 spiro atoms. The SMILES string of the molecule is CC1(C)CN(c2cc(-c3c[nH]c(=O)[nH]c3=O)nn3cc(C4(C(F)(F)F)CC4)nc23)CC1(F)F. The molecule has 13 heteroatoms. The van der Waals surface area contributed by atoms with Gasteiger partial charge >= 0.3 is 11.9 Å². The van der Waals surface area contributed by atoms with Crippen molar-refractivity contribution in [2.24, 2.45) is 5.41 Å². The van der Waals surface area contributed by atoms with Gasteiger partial charge in [-0.25, -0.2) is 23.1 Å². The topological polar surface area (TPSA) is 99.2 Å². The third-order valence-electron chi connectivity index (χ3n) is 6.59. The van der Waals surface area contributed by atoms with Crippen LogP contribution in [0.3, 0.4) is 0 Å². The van der Waals surface area contributed by atoms with Crippen LogP contribution in [0.2, 0.25) is 0 Å². The van der Waals surface area contributed by atoms with E-state index >= 15 is 0 Å². The molecule has 1 aliphatic carbocycles. The van der Waals surface area contributed by atoms with E-state index in [2.05, 4.69) is 15.1 Å². The molecule has 176 valence electrons. The Kier molecular flexibility index (Phi) is 4.20. The number of H-pyrrole nitrogens is 2. The Morgan fingerprint density at radius 2 is 1.82 bits per heavy atom. The molecule has 0 atom stereocenters. The van der Waals surface area contributed by atoms with Gasteiger partial charge in [-0.05, 0) is 18.9 Å². The molecule has 0 aromatic carbocycles. The van der Waals surface area contributed by atoms with Crippen molar-refractivity contribution in [3.63, 3.8) is 0 Å². The number of hydrogen-bond acceptors (Lipinski definition) is 5. The van der Waals surface area contributed by atoms with Gasteiger partial charge in [0.2, 0.25) is 0 Å². The molecule has 8 nitrogen and oxygen atoms in total. The first kappa shape index (κ1) is 21.6. The average molecular weight is 470 g/mol. The maximum atomic E-state index is 14.6. The first-order valence-corrected chi connectivity index (χ1v) is 10.2. The van der Waals surface area contributed by atoms with E-state index in [1.54, 1.807) is 0 Å². The maximum Gasteiger partial charge on any atom is 0.400 e. The van der Waals surface area contributed by atoms with Crippen molar-refractivity contribution in [2.75, 3.05) is 18.0 Å². The number of nitrogens with zero attached hydrogens (tertiary/aromatic N) is 4. The zero-order valence-corrected chi connectivity index (χ0v) is 17.6. The van der Waals surface area contributed by atoms with Gasteiger partial charge in [-0.15, -0.1) is 0 Å². The first-order chi connectivity index (χ1) is 15.2. The Balaban J connectivity index is 1.73. The number of halogens is 5. The van der Waals surface area contributed by atoms with Crippen LogP contribution in [0.5, 0.6) is 0 Å². The second-order valence-electron chi connectivity index (χ2n) is 9.32. The number of alkyl halides is 5. The summed E-state index contributed by atoms with van der Waals surface area (Å²) in [6.07, 6.45) is -2.54. The lowest BCUT2D eigenvalue weighted by Gasteiger charge is -2.24. The van der Waals surface area contributed by atoms with Crippen molar-refractivity contribution in [1.29, 1.82) is 0 Å². The number of rotatable bonds is 3. The Morgan fingerprint density at radius 1 is 1.12 bits per heavy atom. The highest BCUT2D eigenvalue weighted by atomic mass is 19.4. The number of fused-ring (bicyclic) bond motifs is 1. The van der Waals surface area contributed by atoms with Crippen LogP contribution in [-0.4, -0.2) is 49.8 Å². The third-order valence-corrected chi connectivity index (χ3v) is 6.59. The smallest absolute Gasteiger partial charge is 0.362 e. The van der Waals surface area contributed by atoms with Gasteiger partial charge in [0.15, 0.2) is 5.65 Å². The van der Waals surface area contributed by atoms with E-state index in [1.165, 1.54) is 24.8 Å². The predicted molar refractivity (Wildman–Crippen MR) is 108 cm³/mol. The first-order valence-electron chi connectivity index (χ1n) is 10.2. The molecule has 0 bridgehead atoms. The Labute approximate surface area is 182 Å². The van der Waals surface area contributed by atoms with E-state index in [0.29, 0.717) is 0 Å². The van der Waals surface area contributed by atoms with Crippen molar-refractivity contribution in [3.05, 3.63) is 45.0 Å². The fraction of sp³-hybridized carbons (Fsp3) is 0.500. The lowest BCUT2D eigenvalue weighted by atomic mass is 9.89. The summed E-state index contributed by atoms with van der Waals surface area (Å²) in [4.78, 5) is 33.5. The molecule has 0 amide bonds. The van der Waals surface area contributed by atoms with Gasteiger partial charge in [0, 0.05) is 18.2 Å². The quantitative estimate of drug-likeness (QED) is 0.574. The lowest BCUT2D eigenvalue weighted by molar-refractivity contribution is -0.161.